The van der Waals surface area contributed by atoms with Crippen molar-refractivity contribution < 1.29 is 4.12 Å². The Balaban J connectivity index is 2.41. The van der Waals surface area contributed by atoms with Crippen LogP contribution in [0.3, 0.4) is 0 Å². The van der Waals surface area contributed by atoms with Crippen molar-refractivity contribution >= 4 is 38.8 Å². The number of benzene rings is 4. The predicted octanol–water partition coefficient (Wildman–Crippen LogP) is 13.0. The van der Waals surface area contributed by atoms with Crippen LogP contribution in [0.15, 0.2) is 72.8 Å². The summed E-state index contributed by atoms with van der Waals surface area (Å²) < 4.78 is 8.61. The minimum atomic E-state index is -1.95. The Morgan fingerprint density at radius 2 is 0.424 bits per heavy atom. The van der Waals surface area contributed by atoms with Crippen LogP contribution >= 0.6 is 0 Å². The van der Waals surface area contributed by atoms with Crippen molar-refractivity contribution in [1.29, 1.82) is 0 Å². The van der Waals surface area contributed by atoms with Crippen LogP contribution in [0, 0.1) is 0 Å². The number of hydrogen-bond acceptors (Lipinski definition) is 1. The van der Waals surface area contributed by atoms with Gasteiger partial charge in [0.05, 0.1) is 0 Å². The molecule has 0 saturated heterocycles. The highest BCUT2D eigenvalue weighted by Gasteiger charge is 2.43. The van der Waals surface area contributed by atoms with E-state index in [-0.39, 0.29) is 43.3 Å². The SMILES string of the molecule is CC(C)(C)c1cccc([Si](O[Si](c2cccc(C(C)(C)C)c2C(C)(C)C)c2cccc(C(C)(C)C)c2C(C)(C)C)c2cccc(C(C)(C)C)c2C(C)(C)C)c1C(C)(C)C. The molecule has 4 aromatic rings. The summed E-state index contributed by atoms with van der Waals surface area (Å²) in [6.07, 6.45) is 0. The lowest BCUT2D eigenvalue weighted by Crippen LogP contribution is -2.61. The van der Waals surface area contributed by atoms with Crippen LogP contribution in [0.2, 0.25) is 0 Å². The van der Waals surface area contributed by atoms with Gasteiger partial charge in [0, 0.05) is 0 Å². The topological polar surface area (TPSA) is 9.23 Å². The molecule has 0 aliphatic heterocycles. The number of rotatable bonds is 6. The Bertz CT molecular complexity index is 1810. The molecule has 0 aromatic heterocycles. The highest BCUT2D eigenvalue weighted by atomic mass is 28.4. The molecule has 0 saturated carbocycles. The third-order valence-electron chi connectivity index (χ3n) is 11.7. The Morgan fingerprint density at radius 3 is 0.559 bits per heavy atom. The summed E-state index contributed by atoms with van der Waals surface area (Å²) in [6, 6.07) is 28.7. The van der Waals surface area contributed by atoms with Crippen LogP contribution in [0.5, 0.6) is 0 Å². The van der Waals surface area contributed by atoms with Crippen molar-refractivity contribution in [2.75, 3.05) is 0 Å². The average Bonchev–Trinajstić information content (AvgIpc) is 3.04. The lowest BCUT2D eigenvalue weighted by atomic mass is 9.75. The minimum absolute atomic E-state index is 0.0413. The molecule has 0 spiro atoms. The fraction of sp³-hybridized carbons (Fsp3) is 0.571. The molecule has 0 amide bonds. The van der Waals surface area contributed by atoms with Gasteiger partial charge in [0.15, 0.2) is 0 Å². The number of hydrogen-bond donors (Lipinski definition) is 0. The second-order valence-electron chi connectivity index (χ2n) is 25.7. The van der Waals surface area contributed by atoms with Crippen LogP contribution in [0.4, 0.5) is 0 Å². The highest BCUT2D eigenvalue weighted by Crippen LogP contribution is 2.38. The molecule has 0 unspecified atom stereocenters. The van der Waals surface area contributed by atoms with E-state index >= 15 is 0 Å². The Labute approximate surface area is 368 Å². The summed E-state index contributed by atoms with van der Waals surface area (Å²) >= 11 is 0. The monoisotopic (exact) mass is 829 g/mol. The highest BCUT2D eigenvalue weighted by molar-refractivity contribution is 6.92. The van der Waals surface area contributed by atoms with E-state index in [9.17, 15) is 0 Å². The standard InChI is InChI=1S/C56H84OSi2/c1-49(2,3)37-29-25-33-41(45(37)53(13,14)15)58(42-34-26-30-38(50(4,5)6)46(42)54(16,17)18)57-59(43-35-27-31-39(51(7,8)9)47(43)55(19,20)21)44-36-28-32-40(52(10,11)12)48(44)56(22,23)24/h25-36H,1-24H3. The maximum absolute atomic E-state index is 8.61. The molecule has 322 valence electrons. The van der Waals surface area contributed by atoms with Gasteiger partial charge >= 0.3 is 0 Å². The van der Waals surface area contributed by atoms with Crippen LogP contribution < -0.4 is 20.7 Å². The molecule has 0 bridgehead atoms. The van der Waals surface area contributed by atoms with E-state index in [1.54, 1.807) is 0 Å². The van der Waals surface area contributed by atoms with Gasteiger partial charge in [0.1, 0.15) is 0 Å². The molecule has 0 atom stereocenters. The van der Waals surface area contributed by atoms with E-state index in [0.717, 1.165) is 0 Å². The molecule has 0 aliphatic carbocycles. The molecule has 0 heterocycles. The van der Waals surface area contributed by atoms with Gasteiger partial charge in [0.2, 0.25) is 0 Å². The summed E-state index contributed by atoms with van der Waals surface area (Å²) in [6.45, 7) is 57.5. The van der Waals surface area contributed by atoms with Crippen molar-refractivity contribution in [2.45, 2.75) is 209 Å². The van der Waals surface area contributed by atoms with Crippen molar-refractivity contribution in [1.82, 2.24) is 0 Å². The Kier molecular flexibility index (Phi) is 13.4. The molecule has 59 heavy (non-hydrogen) atoms. The third kappa shape index (κ3) is 10.7. The van der Waals surface area contributed by atoms with Crippen LogP contribution in [0.25, 0.3) is 0 Å². The van der Waals surface area contributed by atoms with Gasteiger partial charge in [-0.1, -0.05) is 239 Å². The molecule has 2 radical (unpaired) electrons. The minimum Gasteiger partial charge on any atom is -0.442 e. The molecule has 0 N–H and O–H groups in total. The van der Waals surface area contributed by atoms with Crippen LogP contribution in [0.1, 0.15) is 211 Å². The zero-order valence-electron chi connectivity index (χ0n) is 42.3. The molecule has 0 fully saturated rings. The van der Waals surface area contributed by atoms with E-state index in [2.05, 4.69) is 239 Å². The summed E-state index contributed by atoms with van der Waals surface area (Å²) in [7, 11) is -3.91. The summed E-state index contributed by atoms with van der Waals surface area (Å²) in [5.74, 6) is 0. The molecular formula is C56H84OSi2. The maximum atomic E-state index is 8.61. The van der Waals surface area contributed by atoms with Crippen molar-refractivity contribution in [3.63, 3.8) is 0 Å². The zero-order chi connectivity index (χ0) is 45.3. The van der Waals surface area contributed by atoms with Gasteiger partial charge in [-0.15, -0.1) is 0 Å². The molecular weight excluding hydrogens is 745 g/mol. The largest absolute Gasteiger partial charge is 0.442 e. The second kappa shape index (κ2) is 16.2. The van der Waals surface area contributed by atoms with Crippen molar-refractivity contribution in [2.24, 2.45) is 0 Å². The normalized spacial score (nSPS) is 14.1. The second-order valence-corrected chi connectivity index (χ2v) is 30.0. The molecule has 4 rings (SSSR count). The first kappa shape index (κ1) is 48.9. The van der Waals surface area contributed by atoms with Crippen LogP contribution in [-0.2, 0) is 47.4 Å². The first-order chi connectivity index (χ1) is 26.4. The van der Waals surface area contributed by atoms with Gasteiger partial charge in [0.25, 0.3) is 18.1 Å². The van der Waals surface area contributed by atoms with Gasteiger partial charge in [-0.25, -0.2) is 0 Å². The fourth-order valence-corrected chi connectivity index (χ4v) is 16.4. The van der Waals surface area contributed by atoms with Gasteiger partial charge in [-0.3, -0.25) is 0 Å². The van der Waals surface area contributed by atoms with Gasteiger partial charge < -0.3 is 4.12 Å². The average molecular weight is 829 g/mol. The van der Waals surface area contributed by atoms with E-state index in [1.165, 1.54) is 65.3 Å². The van der Waals surface area contributed by atoms with Crippen LogP contribution in [-0.4, -0.2) is 18.1 Å². The molecule has 3 heteroatoms. The summed E-state index contributed by atoms with van der Waals surface area (Å²) in [5, 5.41) is 5.57. The van der Waals surface area contributed by atoms with E-state index < -0.39 is 18.1 Å². The lowest BCUT2D eigenvalue weighted by molar-refractivity contribution is 0.525. The predicted molar refractivity (Wildman–Crippen MR) is 266 cm³/mol. The quantitative estimate of drug-likeness (QED) is 0.176. The fourth-order valence-electron chi connectivity index (χ4n) is 9.31. The van der Waals surface area contributed by atoms with E-state index in [4.69, 9.17) is 4.12 Å². The Morgan fingerprint density at radius 1 is 0.254 bits per heavy atom. The summed E-state index contributed by atoms with van der Waals surface area (Å²) in [4.78, 5) is 0. The van der Waals surface area contributed by atoms with Crippen molar-refractivity contribution in [3.05, 3.63) is 117 Å². The first-order valence-electron chi connectivity index (χ1n) is 22.4. The smallest absolute Gasteiger partial charge is 0.273 e. The van der Waals surface area contributed by atoms with Gasteiger partial charge in [-0.05, 0) is 109 Å². The first-order valence-corrected chi connectivity index (χ1v) is 25.2. The molecule has 1 nitrogen and oxygen atoms in total. The summed E-state index contributed by atoms with van der Waals surface area (Å²) in [5.41, 5.74) is 10.9. The molecule has 4 aromatic carbocycles. The lowest BCUT2D eigenvalue weighted by Gasteiger charge is -2.40. The van der Waals surface area contributed by atoms with E-state index in [1.807, 2.05) is 0 Å². The zero-order valence-corrected chi connectivity index (χ0v) is 44.3. The molecule has 0 aliphatic rings. The van der Waals surface area contributed by atoms with Gasteiger partial charge in [-0.2, -0.15) is 0 Å². The third-order valence-corrected chi connectivity index (χ3v) is 16.9. The van der Waals surface area contributed by atoms with Crippen molar-refractivity contribution in [3.8, 4) is 0 Å². The Hall–Kier alpha value is -2.73. The maximum Gasteiger partial charge on any atom is 0.273 e. The van der Waals surface area contributed by atoms with E-state index in [0.29, 0.717) is 0 Å².